The van der Waals surface area contributed by atoms with Gasteiger partial charge in [-0.1, -0.05) is 0 Å². The number of amides is 1. The highest BCUT2D eigenvalue weighted by Gasteiger charge is 2.30. The molecule has 5 nitrogen and oxygen atoms in total. The standard InChI is InChI=1S/C10H18N2O3/c1-8(11-2)9(13)12-7-10(14)3-5-15-6-4-10/h14H,3-7H2,1-2H3,(H,12,13). The van der Waals surface area contributed by atoms with Gasteiger partial charge in [-0.2, -0.15) is 0 Å². The summed E-state index contributed by atoms with van der Waals surface area (Å²) in [5.41, 5.74) is -0.396. The van der Waals surface area contributed by atoms with Crippen LogP contribution in [0.2, 0.25) is 0 Å². The Balaban J connectivity index is 2.38. The number of hydrogen-bond donors (Lipinski definition) is 2. The zero-order valence-corrected chi connectivity index (χ0v) is 9.25. The first-order valence-corrected chi connectivity index (χ1v) is 5.09. The van der Waals surface area contributed by atoms with Crippen molar-refractivity contribution in [2.45, 2.75) is 25.4 Å². The van der Waals surface area contributed by atoms with Gasteiger partial charge < -0.3 is 15.2 Å². The molecule has 0 spiro atoms. The minimum absolute atomic E-state index is 0.225. The number of rotatable bonds is 3. The van der Waals surface area contributed by atoms with Crippen molar-refractivity contribution in [2.24, 2.45) is 4.99 Å². The summed E-state index contributed by atoms with van der Waals surface area (Å²) in [7, 11) is 1.57. The van der Waals surface area contributed by atoms with Crippen LogP contribution in [0.4, 0.5) is 0 Å². The van der Waals surface area contributed by atoms with Gasteiger partial charge in [-0.3, -0.25) is 9.79 Å². The van der Waals surface area contributed by atoms with E-state index in [0.29, 0.717) is 31.8 Å². The molecule has 1 saturated heterocycles. The molecule has 0 bridgehead atoms. The highest BCUT2D eigenvalue weighted by atomic mass is 16.5. The lowest BCUT2D eigenvalue weighted by molar-refractivity contribution is -0.117. The van der Waals surface area contributed by atoms with Crippen molar-refractivity contribution in [3.8, 4) is 0 Å². The fraction of sp³-hybridized carbons (Fsp3) is 0.800. The summed E-state index contributed by atoms with van der Waals surface area (Å²) < 4.78 is 5.14. The van der Waals surface area contributed by atoms with Crippen molar-refractivity contribution in [1.29, 1.82) is 0 Å². The van der Waals surface area contributed by atoms with Crippen LogP contribution in [-0.4, -0.2) is 49.1 Å². The van der Waals surface area contributed by atoms with Crippen LogP contribution in [0.25, 0.3) is 0 Å². The Bertz CT molecular complexity index is 257. The van der Waals surface area contributed by atoms with Crippen LogP contribution in [0.1, 0.15) is 19.8 Å². The van der Waals surface area contributed by atoms with Gasteiger partial charge in [0.05, 0.1) is 11.3 Å². The van der Waals surface area contributed by atoms with Gasteiger partial charge in [-0.15, -0.1) is 0 Å². The molecule has 0 aromatic carbocycles. The number of ether oxygens (including phenoxy) is 1. The van der Waals surface area contributed by atoms with Crippen LogP contribution < -0.4 is 5.32 Å². The maximum Gasteiger partial charge on any atom is 0.264 e. The third-order valence-corrected chi connectivity index (χ3v) is 2.67. The van der Waals surface area contributed by atoms with E-state index in [2.05, 4.69) is 10.3 Å². The fourth-order valence-corrected chi connectivity index (χ4v) is 1.40. The summed E-state index contributed by atoms with van der Waals surface area (Å²) in [5.74, 6) is -0.225. The van der Waals surface area contributed by atoms with Crippen LogP contribution in [0.3, 0.4) is 0 Å². The lowest BCUT2D eigenvalue weighted by Gasteiger charge is -2.31. The average Bonchev–Trinajstić information content (AvgIpc) is 2.26. The van der Waals surface area contributed by atoms with Crippen LogP contribution in [0.5, 0.6) is 0 Å². The first-order chi connectivity index (χ1) is 7.07. The highest BCUT2D eigenvalue weighted by molar-refractivity contribution is 6.37. The molecule has 0 aliphatic carbocycles. The Morgan fingerprint density at radius 3 is 2.67 bits per heavy atom. The normalized spacial score (nSPS) is 21.1. The number of carbonyl (C=O) groups excluding carboxylic acids is 1. The number of nitrogens with zero attached hydrogens (tertiary/aromatic N) is 1. The topological polar surface area (TPSA) is 70.9 Å². The van der Waals surface area contributed by atoms with Gasteiger partial charge in [0, 0.05) is 39.6 Å². The van der Waals surface area contributed by atoms with E-state index in [1.165, 1.54) is 0 Å². The maximum absolute atomic E-state index is 11.4. The molecule has 0 aromatic heterocycles. The van der Waals surface area contributed by atoms with Crippen molar-refractivity contribution in [3.05, 3.63) is 0 Å². The van der Waals surface area contributed by atoms with Gasteiger partial charge >= 0.3 is 0 Å². The summed E-state index contributed by atoms with van der Waals surface area (Å²) >= 11 is 0. The quantitative estimate of drug-likeness (QED) is 0.636. The van der Waals surface area contributed by atoms with E-state index in [1.54, 1.807) is 14.0 Å². The molecule has 1 heterocycles. The molecule has 1 fully saturated rings. The molecule has 0 radical (unpaired) electrons. The Hall–Kier alpha value is -0.940. The van der Waals surface area contributed by atoms with Gasteiger partial charge in [0.1, 0.15) is 0 Å². The Morgan fingerprint density at radius 1 is 1.53 bits per heavy atom. The van der Waals surface area contributed by atoms with Crippen molar-refractivity contribution in [1.82, 2.24) is 5.32 Å². The monoisotopic (exact) mass is 214 g/mol. The van der Waals surface area contributed by atoms with Crippen LogP contribution in [0, 0.1) is 0 Å². The first kappa shape index (κ1) is 12.1. The molecular formula is C10H18N2O3. The average molecular weight is 214 g/mol. The van der Waals surface area contributed by atoms with Gasteiger partial charge in [-0.25, -0.2) is 0 Å². The number of aliphatic imine (C=N–C) groups is 1. The molecule has 0 unspecified atom stereocenters. The summed E-state index contributed by atoms with van der Waals surface area (Å²) in [6.07, 6.45) is 1.13. The molecule has 1 rings (SSSR count). The number of hydrogen-bond acceptors (Lipinski definition) is 4. The zero-order chi connectivity index (χ0) is 11.3. The second kappa shape index (κ2) is 5.23. The summed E-state index contributed by atoms with van der Waals surface area (Å²) in [6.45, 7) is 3.01. The molecule has 5 heteroatoms. The molecule has 1 aliphatic heterocycles. The van der Waals surface area contributed by atoms with E-state index < -0.39 is 5.60 Å². The number of carbonyl (C=O) groups is 1. The third-order valence-electron chi connectivity index (χ3n) is 2.67. The van der Waals surface area contributed by atoms with E-state index in [9.17, 15) is 9.90 Å². The van der Waals surface area contributed by atoms with Gasteiger partial charge in [-0.05, 0) is 6.92 Å². The summed E-state index contributed by atoms with van der Waals surface area (Å²) in [6, 6.07) is 0. The molecule has 2 N–H and O–H groups in total. The van der Waals surface area contributed by atoms with Crippen LogP contribution in [-0.2, 0) is 9.53 Å². The number of nitrogens with one attached hydrogen (secondary N) is 1. The van der Waals surface area contributed by atoms with Crippen molar-refractivity contribution in [3.63, 3.8) is 0 Å². The fourth-order valence-electron chi connectivity index (χ4n) is 1.40. The predicted octanol–water partition coefficient (Wildman–Crippen LogP) is -0.265. The van der Waals surface area contributed by atoms with E-state index >= 15 is 0 Å². The summed E-state index contributed by atoms with van der Waals surface area (Å²) in [5, 5.41) is 12.7. The lowest BCUT2D eigenvalue weighted by Crippen LogP contribution is -2.47. The van der Waals surface area contributed by atoms with Crippen molar-refractivity contribution in [2.75, 3.05) is 26.8 Å². The van der Waals surface area contributed by atoms with E-state index in [-0.39, 0.29) is 12.5 Å². The smallest absolute Gasteiger partial charge is 0.264 e. The van der Waals surface area contributed by atoms with Crippen LogP contribution >= 0.6 is 0 Å². The number of aliphatic hydroxyl groups is 1. The molecule has 1 aliphatic rings. The molecule has 0 aromatic rings. The Kier molecular flexibility index (Phi) is 4.23. The van der Waals surface area contributed by atoms with Crippen molar-refractivity contribution < 1.29 is 14.6 Å². The van der Waals surface area contributed by atoms with Gasteiger partial charge in [0.2, 0.25) is 0 Å². The van der Waals surface area contributed by atoms with Crippen LogP contribution in [0.15, 0.2) is 4.99 Å². The molecule has 86 valence electrons. The Morgan fingerprint density at radius 2 is 2.13 bits per heavy atom. The third kappa shape index (κ3) is 3.60. The highest BCUT2D eigenvalue weighted by Crippen LogP contribution is 2.18. The minimum Gasteiger partial charge on any atom is -0.388 e. The van der Waals surface area contributed by atoms with Gasteiger partial charge in [0.25, 0.3) is 5.91 Å². The van der Waals surface area contributed by atoms with E-state index in [1.807, 2.05) is 0 Å². The lowest BCUT2D eigenvalue weighted by atomic mass is 9.94. The largest absolute Gasteiger partial charge is 0.388 e. The van der Waals surface area contributed by atoms with Gasteiger partial charge in [0.15, 0.2) is 0 Å². The summed E-state index contributed by atoms with van der Waals surface area (Å²) in [4.78, 5) is 15.1. The second-order valence-corrected chi connectivity index (χ2v) is 3.83. The molecule has 1 amide bonds. The van der Waals surface area contributed by atoms with Crippen molar-refractivity contribution >= 4 is 11.6 Å². The molecule has 15 heavy (non-hydrogen) atoms. The minimum atomic E-state index is -0.818. The molecular weight excluding hydrogens is 196 g/mol. The Labute approximate surface area is 89.5 Å². The molecule has 0 saturated carbocycles. The predicted molar refractivity (Wildman–Crippen MR) is 57.0 cm³/mol. The van der Waals surface area contributed by atoms with E-state index in [4.69, 9.17) is 4.74 Å². The maximum atomic E-state index is 11.4. The first-order valence-electron chi connectivity index (χ1n) is 5.09. The second-order valence-electron chi connectivity index (χ2n) is 3.83. The molecule has 0 atom stereocenters. The van der Waals surface area contributed by atoms with E-state index in [0.717, 1.165) is 0 Å². The zero-order valence-electron chi connectivity index (χ0n) is 9.25. The SMILES string of the molecule is CN=C(C)C(=O)NCC1(O)CCOCC1.